The van der Waals surface area contributed by atoms with Gasteiger partial charge in [0.1, 0.15) is 5.75 Å². The molecule has 0 aliphatic rings. The molecule has 0 aliphatic heterocycles. The molecule has 2 aromatic rings. The van der Waals surface area contributed by atoms with E-state index in [9.17, 15) is 22.8 Å². The third-order valence-corrected chi connectivity index (χ3v) is 3.76. The molecule has 0 saturated carbocycles. The largest absolute Gasteiger partial charge is 0.495 e. The van der Waals surface area contributed by atoms with Gasteiger partial charge in [0.15, 0.2) is 6.10 Å². The fourth-order valence-electron chi connectivity index (χ4n) is 2.09. The first-order chi connectivity index (χ1) is 12.6. The number of halogens is 4. The van der Waals surface area contributed by atoms with Crippen LogP contribution >= 0.6 is 11.6 Å². The lowest BCUT2D eigenvalue weighted by Crippen LogP contribution is -2.30. The molecule has 1 atom stereocenters. The number of nitrogens with one attached hydrogen (secondary N) is 1. The van der Waals surface area contributed by atoms with Gasteiger partial charge in [-0.3, -0.25) is 4.79 Å². The molecule has 5 nitrogen and oxygen atoms in total. The molecule has 27 heavy (non-hydrogen) atoms. The molecular weight excluding hydrogens is 387 g/mol. The number of amides is 1. The van der Waals surface area contributed by atoms with Crippen LogP contribution in [-0.4, -0.2) is 25.1 Å². The van der Waals surface area contributed by atoms with E-state index in [4.69, 9.17) is 21.1 Å². The fourth-order valence-corrected chi connectivity index (χ4v) is 2.26. The number of rotatable bonds is 5. The highest BCUT2D eigenvalue weighted by molar-refractivity contribution is 6.31. The standard InChI is InChI=1S/C18H15ClF3NO4/c1-10(16(24)23-14-9-13(19)7-8-15(14)26-2)27-17(25)11-3-5-12(6-4-11)18(20,21)22/h3-10H,1-2H3,(H,23,24)/t10-/m1/s1. The molecule has 0 saturated heterocycles. The van der Waals surface area contributed by atoms with Crippen molar-refractivity contribution < 1.29 is 32.2 Å². The molecule has 1 amide bonds. The number of anilines is 1. The minimum Gasteiger partial charge on any atom is -0.495 e. The lowest BCUT2D eigenvalue weighted by Gasteiger charge is -2.15. The summed E-state index contributed by atoms with van der Waals surface area (Å²) in [7, 11) is 1.41. The summed E-state index contributed by atoms with van der Waals surface area (Å²) in [5.41, 5.74) is -0.715. The molecule has 0 bridgehead atoms. The predicted molar refractivity (Wildman–Crippen MR) is 93.0 cm³/mol. The van der Waals surface area contributed by atoms with E-state index >= 15 is 0 Å². The lowest BCUT2D eigenvalue weighted by molar-refractivity contribution is -0.137. The van der Waals surface area contributed by atoms with Gasteiger partial charge in [-0.15, -0.1) is 0 Å². The molecule has 0 fully saturated rings. The van der Waals surface area contributed by atoms with Crippen LogP contribution in [0.25, 0.3) is 0 Å². The van der Waals surface area contributed by atoms with Crippen molar-refractivity contribution in [3.05, 3.63) is 58.6 Å². The number of carbonyl (C=O) groups is 2. The highest BCUT2D eigenvalue weighted by Crippen LogP contribution is 2.29. The first kappa shape index (κ1) is 20.6. The maximum Gasteiger partial charge on any atom is 0.416 e. The minimum absolute atomic E-state index is 0.108. The molecule has 9 heteroatoms. The molecule has 2 rings (SSSR count). The first-order valence-electron chi connectivity index (χ1n) is 7.64. The lowest BCUT2D eigenvalue weighted by atomic mass is 10.1. The third kappa shape index (κ3) is 5.37. The fraction of sp³-hybridized carbons (Fsp3) is 0.222. The van der Waals surface area contributed by atoms with E-state index < -0.39 is 29.7 Å². The van der Waals surface area contributed by atoms with Crippen LogP contribution in [0.3, 0.4) is 0 Å². The highest BCUT2D eigenvalue weighted by Gasteiger charge is 2.30. The molecule has 2 aromatic carbocycles. The molecule has 0 spiro atoms. The minimum atomic E-state index is -4.51. The summed E-state index contributed by atoms with van der Waals surface area (Å²) >= 11 is 5.87. The Morgan fingerprint density at radius 2 is 1.74 bits per heavy atom. The van der Waals surface area contributed by atoms with Gasteiger partial charge in [0.25, 0.3) is 5.91 Å². The number of methoxy groups -OCH3 is 1. The molecule has 0 unspecified atom stereocenters. The number of ether oxygens (including phenoxy) is 2. The van der Waals surface area contributed by atoms with E-state index in [2.05, 4.69) is 5.32 Å². The number of esters is 1. The molecule has 0 aromatic heterocycles. The second kappa shape index (κ2) is 8.30. The van der Waals surface area contributed by atoms with Crippen LogP contribution in [0.5, 0.6) is 5.75 Å². The highest BCUT2D eigenvalue weighted by atomic mass is 35.5. The van der Waals surface area contributed by atoms with Crippen molar-refractivity contribution >= 4 is 29.2 Å². The van der Waals surface area contributed by atoms with E-state index in [0.717, 1.165) is 24.3 Å². The van der Waals surface area contributed by atoms with E-state index in [1.165, 1.54) is 20.1 Å². The maximum atomic E-state index is 12.5. The van der Waals surface area contributed by atoms with Gasteiger partial charge in [-0.1, -0.05) is 11.6 Å². The number of carbonyl (C=O) groups excluding carboxylic acids is 2. The zero-order valence-electron chi connectivity index (χ0n) is 14.3. The number of hydrogen-bond acceptors (Lipinski definition) is 4. The zero-order valence-corrected chi connectivity index (χ0v) is 15.0. The van der Waals surface area contributed by atoms with Gasteiger partial charge in [0, 0.05) is 5.02 Å². The summed E-state index contributed by atoms with van der Waals surface area (Å²) in [5.74, 6) is -1.23. The van der Waals surface area contributed by atoms with Gasteiger partial charge in [-0.2, -0.15) is 13.2 Å². The van der Waals surface area contributed by atoms with Crippen LogP contribution < -0.4 is 10.1 Å². The Balaban J connectivity index is 2.03. The summed E-state index contributed by atoms with van der Waals surface area (Å²) in [4.78, 5) is 24.2. The molecule has 0 heterocycles. The van der Waals surface area contributed by atoms with Crippen molar-refractivity contribution in [1.29, 1.82) is 0 Å². The van der Waals surface area contributed by atoms with Gasteiger partial charge < -0.3 is 14.8 Å². The number of benzene rings is 2. The van der Waals surface area contributed by atoms with Crippen molar-refractivity contribution in [2.45, 2.75) is 19.2 Å². The number of alkyl halides is 3. The van der Waals surface area contributed by atoms with Gasteiger partial charge in [0.05, 0.1) is 23.9 Å². The van der Waals surface area contributed by atoms with Crippen molar-refractivity contribution in [1.82, 2.24) is 0 Å². The third-order valence-electron chi connectivity index (χ3n) is 3.52. The van der Waals surface area contributed by atoms with Crippen LogP contribution in [0, 0.1) is 0 Å². The molecular formula is C18H15ClF3NO4. The van der Waals surface area contributed by atoms with Crippen molar-refractivity contribution in [3.63, 3.8) is 0 Å². The Morgan fingerprint density at radius 1 is 1.11 bits per heavy atom. The molecule has 0 aliphatic carbocycles. The Hall–Kier alpha value is -2.74. The summed E-state index contributed by atoms with van der Waals surface area (Å²) in [6.07, 6.45) is -5.71. The second-order valence-corrected chi connectivity index (χ2v) is 5.89. The number of hydrogen-bond donors (Lipinski definition) is 1. The molecule has 144 valence electrons. The second-order valence-electron chi connectivity index (χ2n) is 5.46. The van der Waals surface area contributed by atoms with Gasteiger partial charge in [-0.05, 0) is 49.4 Å². The van der Waals surface area contributed by atoms with Crippen molar-refractivity contribution in [3.8, 4) is 5.75 Å². The maximum absolute atomic E-state index is 12.5. The van der Waals surface area contributed by atoms with Crippen molar-refractivity contribution in [2.24, 2.45) is 0 Å². The summed E-state index contributed by atoms with van der Waals surface area (Å²) in [6, 6.07) is 8.07. The zero-order chi connectivity index (χ0) is 20.2. The Bertz CT molecular complexity index is 837. The van der Waals surface area contributed by atoms with Gasteiger partial charge in [-0.25, -0.2) is 4.79 Å². The van der Waals surface area contributed by atoms with Crippen LogP contribution in [0.1, 0.15) is 22.8 Å². The van der Waals surface area contributed by atoms with Gasteiger partial charge in [0.2, 0.25) is 0 Å². The Morgan fingerprint density at radius 3 is 2.30 bits per heavy atom. The average molecular weight is 402 g/mol. The molecule has 1 N–H and O–H groups in total. The Labute approximate surface area is 158 Å². The van der Waals surface area contributed by atoms with Gasteiger partial charge >= 0.3 is 12.1 Å². The van der Waals surface area contributed by atoms with E-state index in [-0.39, 0.29) is 11.3 Å². The van der Waals surface area contributed by atoms with E-state index in [1.807, 2.05) is 0 Å². The van der Waals surface area contributed by atoms with E-state index in [1.54, 1.807) is 12.1 Å². The van der Waals surface area contributed by atoms with Crippen LogP contribution in [-0.2, 0) is 15.7 Å². The topological polar surface area (TPSA) is 64.6 Å². The monoisotopic (exact) mass is 401 g/mol. The quantitative estimate of drug-likeness (QED) is 0.746. The average Bonchev–Trinajstić information content (AvgIpc) is 2.61. The summed E-state index contributed by atoms with van der Waals surface area (Å²) in [6.45, 7) is 1.33. The predicted octanol–water partition coefficient (Wildman–Crippen LogP) is 4.55. The Kier molecular flexibility index (Phi) is 6.32. The summed E-state index contributed by atoms with van der Waals surface area (Å²) in [5, 5.41) is 2.88. The first-order valence-corrected chi connectivity index (χ1v) is 8.02. The van der Waals surface area contributed by atoms with Crippen LogP contribution in [0.4, 0.5) is 18.9 Å². The smallest absolute Gasteiger partial charge is 0.416 e. The van der Waals surface area contributed by atoms with E-state index in [0.29, 0.717) is 10.8 Å². The normalized spacial score (nSPS) is 12.2. The summed E-state index contributed by atoms with van der Waals surface area (Å²) < 4.78 is 47.7. The molecule has 0 radical (unpaired) electrons. The van der Waals surface area contributed by atoms with Crippen LogP contribution in [0.2, 0.25) is 5.02 Å². The van der Waals surface area contributed by atoms with Crippen LogP contribution in [0.15, 0.2) is 42.5 Å². The van der Waals surface area contributed by atoms with Crippen molar-refractivity contribution in [2.75, 3.05) is 12.4 Å². The SMILES string of the molecule is COc1ccc(Cl)cc1NC(=O)[C@@H](C)OC(=O)c1ccc(C(F)(F)F)cc1.